The molecule has 0 spiro atoms. The third-order valence-electron chi connectivity index (χ3n) is 5.89. The maximum atomic E-state index is 13.0. The molecule has 3 fully saturated rings. The molecule has 0 bridgehead atoms. The number of thiophene rings is 1. The molecule has 2 unspecified atom stereocenters. The fourth-order valence-corrected chi connectivity index (χ4v) is 4.56. The summed E-state index contributed by atoms with van der Waals surface area (Å²) in [5, 5.41) is 7.89. The molecule has 2 heterocycles. The minimum atomic E-state index is -0.397. The summed E-state index contributed by atoms with van der Waals surface area (Å²) in [4.78, 5) is 15.1. The topological polar surface area (TPSA) is 32.3 Å². The summed E-state index contributed by atoms with van der Waals surface area (Å²) >= 11 is 1.71. The number of carbonyl (C=O) groups excluding carboxylic acids is 1. The average Bonchev–Trinajstić information content (AvgIpc) is 3.39. The Morgan fingerprint density at radius 1 is 1.43 bits per heavy atom. The van der Waals surface area contributed by atoms with E-state index in [1.807, 2.05) is 0 Å². The SMILES string of the molecule is CCC1(C)NC(c2ccsc2)N(CC2(C3CC3)CC2)C1=O. The summed E-state index contributed by atoms with van der Waals surface area (Å²) in [6.45, 7) is 5.12. The van der Waals surface area contributed by atoms with E-state index in [0.717, 1.165) is 18.9 Å². The molecule has 1 N–H and O–H groups in total. The summed E-state index contributed by atoms with van der Waals surface area (Å²) in [5.74, 6) is 1.19. The second-order valence-electron chi connectivity index (χ2n) is 7.36. The minimum absolute atomic E-state index is 0.0740. The number of nitrogens with zero attached hydrogens (tertiary/aromatic N) is 1. The Bertz CT molecular complexity index is 547. The molecule has 1 amide bonds. The van der Waals surface area contributed by atoms with Crippen molar-refractivity contribution in [2.75, 3.05) is 6.54 Å². The number of rotatable bonds is 5. The average molecular weight is 304 g/mol. The van der Waals surface area contributed by atoms with Gasteiger partial charge in [0.05, 0.1) is 5.54 Å². The van der Waals surface area contributed by atoms with Crippen molar-refractivity contribution in [1.82, 2.24) is 10.2 Å². The van der Waals surface area contributed by atoms with Gasteiger partial charge in [-0.05, 0) is 72.8 Å². The van der Waals surface area contributed by atoms with Gasteiger partial charge < -0.3 is 4.90 Å². The van der Waals surface area contributed by atoms with Crippen LogP contribution < -0.4 is 5.32 Å². The molecule has 2 atom stereocenters. The van der Waals surface area contributed by atoms with Crippen molar-refractivity contribution in [2.45, 2.75) is 57.7 Å². The van der Waals surface area contributed by atoms with Crippen molar-refractivity contribution >= 4 is 17.2 Å². The van der Waals surface area contributed by atoms with E-state index in [2.05, 4.69) is 40.9 Å². The third-order valence-corrected chi connectivity index (χ3v) is 6.59. The van der Waals surface area contributed by atoms with E-state index in [-0.39, 0.29) is 6.17 Å². The molecule has 1 saturated heterocycles. The number of carbonyl (C=O) groups is 1. The number of nitrogens with one attached hydrogen (secondary N) is 1. The molecule has 1 aliphatic heterocycles. The first-order valence-electron chi connectivity index (χ1n) is 8.19. The fourth-order valence-electron chi connectivity index (χ4n) is 3.88. The first-order chi connectivity index (χ1) is 10.1. The predicted molar refractivity (Wildman–Crippen MR) is 85.0 cm³/mol. The monoisotopic (exact) mass is 304 g/mol. The van der Waals surface area contributed by atoms with Crippen LogP contribution in [0.25, 0.3) is 0 Å². The lowest BCUT2D eigenvalue weighted by atomic mass is 9.97. The third kappa shape index (κ3) is 2.15. The summed E-state index contributed by atoms with van der Waals surface area (Å²) in [6.07, 6.45) is 6.32. The van der Waals surface area contributed by atoms with Crippen molar-refractivity contribution in [3.05, 3.63) is 22.4 Å². The summed E-state index contributed by atoms with van der Waals surface area (Å²) in [5.41, 5.74) is 1.31. The molecule has 1 aromatic rings. The molecular formula is C17H24N2OS. The summed E-state index contributed by atoms with van der Waals surface area (Å²) < 4.78 is 0. The zero-order valence-electron chi connectivity index (χ0n) is 12.9. The summed E-state index contributed by atoms with van der Waals surface area (Å²) in [6, 6.07) is 2.15. The van der Waals surface area contributed by atoms with Gasteiger partial charge in [0.1, 0.15) is 6.17 Å². The highest BCUT2D eigenvalue weighted by atomic mass is 32.1. The van der Waals surface area contributed by atoms with Crippen LogP contribution in [0.3, 0.4) is 0 Å². The Labute approximate surface area is 130 Å². The zero-order chi connectivity index (χ0) is 14.7. The highest BCUT2D eigenvalue weighted by Gasteiger charge is 2.58. The van der Waals surface area contributed by atoms with Crippen LogP contribution in [0.4, 0.5) is 0 Å². The second kappa shape index (κ2) is 4.56. The summed E-state index contributed by atoms with van der Waals surface area (Å²) in [7, 11) is 0. The van der Waals surface area contributed by atoms with Gasteiger partial charge in [0, 0.05) is 6.54 Å². The largest absolute Gasteiger partial charge is 0.321 e. The lowest BCUT2D eigenvalue weighted by Crippen LogP contribution is -2.43. The minimum Gasteiger partial charge on any atom is -0.321 e. The number of hydrogen-bond acceptors (Lipinski definition) is 3. The first kappa shape index (κ1) is 13.8. The van der Waals surface area contributed by atoms with Gasteiger partial charge in [-0.2, -0.15) is 11.3 Å². The van der Waals surface area contributed by atoms with E-state index in [9.17, 15) is 4.79 Å². The highest BCUT2D eigenvalue weighted by Crippen LogP contribution is 2.62. The van der Waals surface area contributed by atoms with Crippen LogP contribution >= 0.6 is 11.3 Å². The second-order valence-corrected chi connectivity index (χ2v) is 8.14. The van der Waals surface area contributed by atoms with Gasteiger partial charge in [-0.1, -0.05) is 6.92 Å². The van der Waals surface area contributed by atoms with Crippen LogP contribution in [0.1, 0.15) is 57.7 Å². The Morgan fingerprint density at radius 3 is 2.71 bits per heavy atom. The maximum absolute atomic E-state index is 13.0. The molecule has 114 valence electrons. The van der Waals surface area contributed by atoms with Crippen LogP contribution in [-0.4, -0.2) is 22.9 Å². The van der Waals surface area contributed by atoms with Crippen LogP contribution in [-0.2, 0) is 4.79 Å². The molecule has 21 heavy (non-hydrogen) atoms. The van der Waals surface area contributed by atoms with Crippen LogP contribution in [0.5, 0.6) is 0 Å². The lowest BCUT2D eigenvalue weighted by molar-refractivity contribution is -0.134. The Kier molecular flexibility index (Phi) is 2.99. The van der Waals surface area contributed by atoms with Gasteiger partial charge in [0.2, 0.25) is 5.91 Å². The molecule has 0 radical (unpaired) electrons. The van der Waals surface area contributed by atoms with Gasteiger partial charge in [-0.15, -0.1) is 0 Å². The molecule has 2 aliphatic carbocycles. The predicted octanol–water partition coefficient (Wildman–Crippen LogP) is 3.54. The van der Waals surface area contributed by atoms with Crippen LogP contribution in [0, 0.1) is 11.3 Å². The van der Waals surface area contributed by atoms with Gasteiger partial charge in [0.15, 0.2) is 0 Å². The molecule has 1 aromatic heterocycles. The van der Waals surface area contributed by atoms with Gasteiger partial charge in [-0.25, -0.2) is 0 Å². The lowest BCUT2D eigenvalue weighted by Gasteiger charge is -2.28. The van der Waals surface area contributed by atoms with Gasteiger partial charge >= 0.3 is 0 Å². The van der Waals surface area contributed by atoms with Crippen LogP contribution in [0.2, 0.25) is 0 Å². The molecule has 4 heteroatoms. The fraction of sp³-hybridized carbons (Fsp3) is 0.706. The van der Waals surface area contributed by atoms with Crippen LogP contribution in [0.15, 0.2) is 16.8 Å². The Morgan fingerprint density at radius 2 is 2.19 bits per heavy atom. The van der Waals surface area contributed by atoms with Crippen molar-refractivity contribution in [3.63, 3.8) is 0 Å². The van der Waals surface area contributed by atoms with Crippen molar-refractivity contribution in [1.29, 1.82) is 0 Å². The van der Waals surface area contributed by atoms with E-state index >= 15 is 0 Å². The quantitative estimate of drug-likeness (QED) is 0.902. The molecule has 4 rings (SSSR count). The molecule has 0 aromatic carbocycles. The first-order valence-corrected chi connectivity index (χ1v) is 9.13. The van der Waals surface area contributed by atoms with Crippen molar-refractivity contribution in [2.24, 2.45) is 11.3 Å². The molecular weight excluding hydrogens is 280 g/mol. The molecule has 2 saturated carbocycles. The molecule has 3 aliphatic rings. The number of hydrogen-bond donors (Lipinski definition) is 1. The van der Waals surface area contributed by atoms with E-state index in [0.29, 0.717) is 11.3 Å². The molecule has 3 nitrogen and oxygen atoms in total. The zero-order valence-corrected chi connectivity index (χ0v) is 13.7. The Hall–Kier alpha value is -0.870. The smallest absolute Gasteiger partial charge is 0.244 e. The maximum Gasteiger partial charge on any atom is 0.244 e. The standard InChI is InChI=1S/C17H24N2OS/c1-3-16(2)15(20)19(11-17(7-8-17)13-4-5-13)14(18-16)12-6-9-21-10-12/h6,9-10,13-14,18H,3-5,7-8,11H2,1-2H3. The van der Waals surface area contributed by atoms with Crippen molar-refractivity contribution < 1.29 is 4.79 Å². The Balaban J connectivity index is 1.62. The highest BCUT2D eigenvalue weighted by molar-refractivity contribution is 7.07. The normalized spacial score (nSPS) is 34.5. The van der Waals surface area contributed by atoms with E-state index in [4.69, 9.17) is 0 Å². The van der Waals surface area contributed by atoms with Gasteiger partial charge in [0.25, 0.3) is 0 Å². The van der Waals surface area contributed by atoms with E-state index < -0.39 is 5.54 Å². The number of amides is 1. The van der Waals surface area contributed by atoms with Gasteiger partial charge in [-0.3, -0.25) is 10.1 Å². The van der Waals surface area contributed by atoms with Crippen molar-refractivity contribution in [3.8, 4) is 0 Å². The van der Waals surface area contributed by atoms with E-state index in [1.54, 1.807) is 11.3 Å². The van der Waals surface area contributed by atoms with E-state index in [1.165, 1.54) is 31.2 Å².